The van der Waals surface area contributed by atoms with Gasteiger partial charge in [-0.2, -0.15) is 0 Å². The first kappa shape index (κ1) is 13.9. The van der Waals surface area contributed by atoms with E-state index in [0.717, 1.165) is 36.1 Å². The minimum absolute atomic E-state index is 0.253. The molecule has 2 nitrogen and oxygen atoms in total. The number of nitrogen functional groups attached to an aromatic ring is 1. The second kappa shape index (κ2) is 5.36. The maximum Gasteiger partial charge on any atom is 0.147 e. The third kappa shape index (κ3) is 2.71. The Kier molecular flexibility index (Phi) is 3.54. The summed E-state index contributed by atoms with van der Waals surface area (Å²) in [5, 5.41) is 0. The topological polar surface area (TPSA) is 43.1 Å². The van der Waals surface area contributed by atoms with Gasteiger partial charge in [0.1, 0.15) is 5.78 Å². The van der Waals surface area contributed by atoms with Gasteiger partial charge in [-0.05, 0) is 48.1 Å². The summed E-state index contributed by atoms with van der Waals surface area (Å²) in [5.41, 5.74) is 9.77. The SMILES string of the molecule is CCc1ccc(CC(=O)C2(c3ccc(N)cc3)CC2)cc1. The van der Waals surface area contributed by atoms with Crippen LogP contribution in [0.1, 0.15) is 36.5 Å². The van der Waals surface area contributed by atoms with E-state index in [1.807, 2.05) is 24.3 Å². The maximum atomic E-state index is 12.7. The molecule has 108 valence electrons. The third-order valence-corrected chi connectivity index (χ3v) is 4.54. The molecule has 0 unspecified atom stereocenters. The zero-order chi connectivity index (χ0) is 14.9. The average Bonchev–Trinajstić information content (AvgIpc) is 3.30. The molecule has 1 fully saturated rings. The highest BCUT2D eigenvalue weighted by Crippen LogP contribution is 2.49. The molecular formula is C19H21NO. The molecule has 0 aromatic heterocycles. The minimum Gasteiger partial charge on any atom is -0.399 e. The summed E-state index contributed by atoms with van der Waals surface area (Å²) in [7, 11) is 0. The van der Waals surface area contributed by atoms with Crippen LogP contribution in [0, 0.1) is 0 Å². The summed E-state index contributed by atoms with van der Waals surface area (Å²) in [6.07, 6.45) is 3.48. The Bertz CT molecular complexity index is 636. The van der Waals surface area contributed by atoms with Crippen LogP contribution in [0.2, 0.25) is 0 Å². The molecule has 2 aromatic carbocycles. The first-order valence-corrected chi connectivity index (χ1v) is 7.61. The van der Waals surface area contributed by atoms with Crippen molar-refractivity contribution >= 4 is 11.5 Å². The first-order chi connectivity index (χ1) is 10.1. The van der Waals surface area contributed by atoms with Crippen LogP contribution in [-0.2, 0) is 23.1 Å². The second-order valence-corrected chi connectivity index (χ2v) is 5.97. The van der Waals surface area contributed by atoms with Gasteiger partial charge in [-0.15, -0.1) is 0 Å². The number of nitrogens with two attached hydrogens (primary N) is 1. The summed E-state index contributed by atoms with van der Waals surface area (Å²) in [4.78, 5) is 12.7. The van der Waals surface area contributed by atoms with Crippen LogP contribution in [-0.4, -0.2) is 5.78 Å². The molecule has 2 aromatic rings. The molecule has 2 N–H and O–H groups in total. The number of benzene rings is 2. The van der Waals surface area contributed by atoms with Gasteiger partial charge in [-0.1, -0.05) is 43.3 Å². The molecule has 1 aliphatic rings. The molecule has 2 heteroatoms. The fourth-order valence-corrected chi connectivity index (χ4v) is 2.90. The number of rotatable bonds is 5. The van der Waals surface area contributed by atoms with Crippen molar-refractivity contribution in [3.8, 4) is 0 Å². The van der Waals surface area contributed by atoms with E-state index in [0.29, 0.717) is 12.2 Å². The van der Waals surface area contributed by atoms with Crippen LogP contribution < -0.4 is 5.73 Å². The molecule has 0 amide bonds. The quantitative estimate of drug-likeness (QED) is 0.848. The van der Waals surface area contributed by atoms with Crippen LogP contribution in [0.4, 0.5) is 5.69 Å². The van der Waals surface area contributed by atoms with Crippen LogP contribution in [0.5, 0.6) is 0 Å². The Balaban J connectivity index is 1.76. The lowest BCUT2D eigenvalue weighted by atomic mass is 9.88. The average molecular weight is 279 g/mol. The lowest BCUT2D eigenvalue weighted by Gasteiger charge is -2.15. The molecule has 0 aliphatic heterocycles. The van der Waals surface area contributed by atoms with Crippen molar-refractivity contribution in [3.63, 3.8) is 0 Å². The van der Waals surface area contributed by atoms with Crippen molar-refractivity contribution in [1.29, 1.82) is 0 Å². The van der Waals surface area contributed by atoms with Gasteiger partial charge >= 0.3 is 0 Å². The van der Waals surface area contributed by atoms with Gasteiger partial charge in [0.25, 0.3) is 0 Å². The van der Waals surface area contributed by atoms with Gasteiger partial charge in [0.05, 0.1) is 5.41 Å². The van der Waals surface area contributed by atoms with E-state index in [2.05, 4.69) is 31.2 Å². The number of anilines is 1. The molecule has 21 heavy (non-hydrogen) atoms. The zero-order valence-electron chi connectivity index (χ0n) is 12.4. The molecular weight excluding hydrogens is 258 g/mol. The smallest absolute Gasteiger partial charge is 0.147 e. The molecule has 0 saturated heterocycles. The normalized spacial score (nSPS) is 15.7. The van der Waals surface area contributed by atoms with E-state index in [4.69, 9.17) is 5.73 Å². The number of hydrogen-bond donors (Lipinski definition) is 1. The Labute approximate surface area is 126 Å². The molecule has 0 spiro atoms. The van der Waals surface area contributed by atoms with Crippen molar-refractivity contribution in [1.82, 2.24) is 0 Å². The van der Waals surface area contributed by atoms with Crippen LogP contribution in [0.3, 0.4) is 0 Å². The number of Topliss-reactive ketones (excluding diaryl/α,β-unsaturated/α-hetero) is 1. The summed E-state index contributed by atoms with van der Waals surface area (Å²) in [6, 6.07) is 16.2. The fraction of sp³-hybridized carbons (Fsp3) is 0.316. The van der Waals surface area contributed by atoms with E-state index < -0.39 is 0 Å². The monoisotopic (exact) mass is 279 g/mol. The Hall–Kier alpha value is -2.09. The fourth-order valence-electron chi connectivity index (χ4n) is 2.90. The number of carbonyl (C=O) groups is 1. The highest BCUT2D eigenvalue weighted by molar-refractivity contribution is 5.94. The predicted molar refractivity (Wildman–Crippen MR) is 86.3 cm³/mol. The number of ketones is 1. The second-order valence-electron chi connectivity index (χ2n) is 5.97. The highest BCUT2D eigenvalue weighted by Gasteiger charge is 2.50. The van der Waals surface area contributed by atoms with Crippen molar-refractivity contribution in [2.45, 2.75) is 38.0 Å². The molecule has 0 radical (unpaired) electrons. The largest absolute Gasteiger partial charge is 0.399 e. The van der Waals surface area contributed by atoms with E-state index in [1.54, 1.807) is 0 Å². The molecule has 0 bridgehead atoms. The van der Waals surface area contributed by atoms with Gasteiger partial charge < -0.3 is 5.73 Å². The van der Waals surface area contributed by atoms with Gasteiger partial charge in [0.2, 0.25) is 0 Å². The van der Waals surface area contributed by atoms with Crippen LogP contribution in [0.25, 0.3) is 0 Å². The Morgan fingerprint density at radius 3 is 2.10 bits per heavy atom. The van der Waals surface area contributed by atoms with Crippen molar-refractivity contribution < 1.29 is 4.79 Å². The lowest BCUT2D eigenvalue weighted by Crippen LogP contribution is -2.22. The number of carbonyl (C=O) groups excluding carboxylic acids is 1. The van der Waals surface area contributed by atoms with Crippen LogP contribution >= 0.6 is 0 Å². The van der Waals surface area contributed by atoms with Crippen molar-refractivity contribution in [3.05, 3.63) is 65.2 Å². The van der Waals surface area contributed by atoms with Crippen molar-refractivity contribution in [2.75, 3.05) is 5.73 Å². The van der Waals surface area contributed by atoms with Gasteiger partial charge in [0.15, 0.2) is 0 Å². The summed E-state index contributed by atoms with van der Waals surface area (Å²) < 4.78 is 0. The molecule has 3 rings (SSSR count). The maximum absolute atomic E-state index is 12.7. The summed E-state index contributed by atoms with van der Waals surface area (Å²) in [6.45, 7) is 2.14. The molecule has 0 heterocycles. The predicted octanol–water partition coefficient (Wildman–Crippen LogP) is 3.67. The van der Waals surface area contributed by atoms with E-state index in [9.17, 15) is 4.79 Å². The number of aryl methyl sites for hydroxylation is 1. The highest BCUT2D eigenvalue weighted by atomic mass is 16.1. The Morgan fingerprint density at radius 2 is 1.57 bits per heavy atom. The van der Waals surface area contributed by atoms with E-state index >= 15 is 0 Å². The third-order valence-electron chi connectivity index (χ3n) is 4.54. The standard InChI is InChI=1S/C19H21NO/c1-2-14-3-5-15(6-4-14)13-18(21)19(11-12-19)16-7-9-17(20)10-8-16/h3-10H,2,11-13,20H2,1H3. The van der Waals surface area contributed by atoms with E-state index in [1.165, 1.54) is 5.56 Å². The Morgan fingerprint density at radius 1 is 1.00 bits per heavy atom. The zero-order valence-corrected chi connectivity index (χ0v) is 12.4. The first-order valence-electron chi connectivity index (χ1n) is 7.61. The minimum atomic E-state index is -0.253. The summed E-state index contributed by atoms with van der Waals surface area (Å²) >= 11 is 0. The van der Waals surface area contributed by atoms with Gasteiger partial charge in [0, 0.05) is 12.1 Å². The summed E-state index contributed by atoms with van der Waals surface area (Å²) in [5.74, 6) is 0.330. The lowest BCUT2D eigenvalue weighted by molar-refractivity contribution is -0.120. The molecule has 0 atom stereocenters. The molecule has 1 aliphatic carbocycles. The number of hydrogen-bond acceptors (Lipinski definition) is 2. The molecule has 1 saturated carbocycles. The van der Waals surface area contributed by atoms with Gasteiger partial charge in [-0.25, -0.2) is 0 Å². The van der Waals surface area contributed by atoms with E-state index in [-0.39, 0.29) is 5.41 Å². The van der Waals surface area contributed by atoms with Gasteiger partial charge in [-0.3, -0.25) is 4.79 Å². The van der Waals surface area contributed by atoms with Crippen molar-refractivity contribution in [2.24, 2.45) is 0 Å². The van der Waals surface area contributed by atoms with Crippen LogP contribution in [0.15, 0.2) is 48.5 Å².